The predicted molar refractivity (Wildman–Crippen MR) is 155 cm³/mol. The van der Waals surface area contributed by atoms with Gasteiger partial charge in [-0.05, 0) is 49.1 Å². The summed E-state index contributed by atoms with van der Waals surface area (Å²) in [5, 5.41) is 8.53. The van der Waals surface area contributed by atoms with Gasteiger partial charge < -0.3 is 25.6 Å². The summed E-state index contributed by atoms with van der Waals surface area (Å²) in [6.45, 7) is 2.50. The van der Waals surface area contributed by atoms with E-state index < -0.39 is 29.9 Å². The summed E-state index contributed by atoms with van der Waals surface area (Å²) in [7, 11) is 3.91. The first kappa shape index (κ1) is 30.1. The molecule has 1 aliphatic rings. The lowest BCUT2D eigenvalue weighted by Gasteiger charge is -2.23. The van der Waals surface area contributed by atoms with Crippen molar-refractivity contribution < 1.29 is 23.9 Å². The maximum Gasteiger partial charge on any atom is 0.330 e. The first-order valence-corrected chi connectivity index (χ1v) is 13.5. The van der Waals surface area contributed by atoms with Crippen LogP contribution in [0.2, 0.25) is 0 Å². The molecule has 1 aliphatic heterocycles. The van der Waals surface area contributed by atoms with Gasteiger partial charge in [0, 0.05) is 56.9 Å². The van der Waals surface area contributed by atoms with Gasteiger partial charge in [0.1, 0.15) is 6.04 Å². The van der Waals surface area contributed by atoms with Crippen LogP contribution in [0.5, 0.6) is 0 Å². The summed E-state index contributed by atoms with van der Waals surface area (Å²) in [4.78, 5) is 52.5. The van der Waals surface area contributed by atoms with Gasteiger partial charge in [-0.15, -0.1) is 0 Å². The largest absolute Gasteiger partial charge is 0.463 e. The normalized spacial score (nSPS) is 16.4. The van der Waals surface area contributed by atoms with E-state index in [9.17, 15) is 19.2 Å². The number of ether oxygens (including phenoxy) is 1. The van der Waals surface area contributed by atoms with Crippen molar-refractivity contribution in [2.45, 2.75) is 38.3 Å². The summed E-state index contributed by atoms with van der Waals surface area (Å²) >= 11 is 0. The van der Waals surface area contributed by atoms with Gasteiger partial charge in [-0.3, -0.25) is 14.4 Å². The van der Waals surface area contributed by atoms with Gasteiger partial charge in [-0.2, -0.15) is 0 Å². The highest BCUT2D eigenvalue weighted by Crippen LogP contribution is 2.17. The third-order valence-electron chi connectivity index (χ3n) is 6.53. The Kier molecular flexibility index (Phi) is 11.5. The monoisotopic (exact) mass is 546 g/mol. The van der Waals surface area contributed by atoms with Crippen LogP contribution in [-0.2, 0) is 30.3 Å². The topological polar surface area (TPSA) is 117 Å². The van der Waals surface area contributed by atoms with Crippen LogP contribution in [0.1, 0.15) is 30.9 Å². The van der Waals surface area contributed by atoms with Crippen molar-refractivity contribution in [3.8, 4) is 0 Å². The lowest BCUT2D eigenvalue weighted by molar-refractivity contribution is -0.137. The number of carbonyl (C=O) groups excluding carboxylic acids is 4. The van der Waals surface area contributed by atoms with E-state index in [4.69, 9.17) is 4.74 Å². The van der Waals surface area contributed by atoms with Gasteiger partial charge in [0.15, 0.2) is 0 Å². The molecular formula is C31H38N4O5. The van der Waals surface area contributed by atoms with Gasteiger partial charge in [0.05, 0.1) is 6.61 Å². The molecule has 2 aromatic carbocycles. The second-order valence-electron chi connectivity index (χ2n) is 9.81. The van der Waals surface area contributed by atoms with Crippen molar-refractivity contribution in [1.82, 2.24) is 16.0 Å². The van der Waals surface area contributed by atoms with E-state index in [1.807, 2.05) is 73.6 Å². The van der Waals surface area contributed by atoms with Gasteiger partial charge in [0.2, 0.25) is 17.7 Å². The van der Waals surface area contributed by atoms with Crippen molar-refractivity contribution in [1.29, 1.82) is 0 Å². The van der Waals surface area contributed by atoms with Crippen LogP contribution in [0.25, 0.3) is 6.08 Å². The van der Waals surface area contributed by atoms with Crippen molar-refractivity contribution in [3.05, 3.63) is 84.0 Å². The van der Waals surface area contributed by atoms with Crippen molar-refractivity contribution in [2.75, 3.05) is 32.1 Å². The maximum atomic E-state index is 13.5. The van der Waals surface area contributed by atoms with Crippen molar-refractivity contribution in [3.63, 3.8) is 0 Å². The Balaban J connectivity index is 1.74. The number of benzene rings is 2. The zero-order valence-corrected chi connectivity index (χ0v) is 23.3. The molecule has 0 saturated carbocycles. The number of hydrogen-bond donors (Lipinski definition) is 3. The SMILES string of the molecule is CCOC(=O)/C=C/[C@H](C[C@@H]1CCNC1=O)NC(=O)[C@H](Cc1ccccc1)NC(=O)/C=C/c1ccc(N(C)C)cc1. The molecule has 0 radical (unpaired) electrons. The molecule has 0 aromatic heterocycles. The van der Waals surface area contributed by atoms with E-state index in [1.165, 1.54) is 12.2 Å². The molecular weight excluding hydrogens is 508 g/mol. The van der Waals surface area contributed by atoms with Crippen molar-refractivity contribution in [2.24, 2.45) is 5.92 Å². The highest BCUT2D eigenvalue weighted by Gasteiger charge is 2.29. The zero-order chi connectivity index (χ0) is 28.9. The molecule has 40 heavy (non-hydrogen) atoms. The second kappa shape index (κ2) is 15.3. The molecule has 2 aromatic rings. The van der Waals surface area contributed by atoms with Crippen molar-refractivity contribution >= 4 is 35.5 Å². The smallest absolute Gasteiger partial charge is 0.330 e. The first-order valence-electron chi connectivity index (χ1n) is 13.5. The number of amides is 3. The van der Waals surface area contributed by atoms with Gasteiger partial charge in [-0.1, -0.05) is 48.5 Å². The number of esters is 1. The van der Waals surface area contributed by atoms with Crippen LogP contribution in [0, 0.1) is 5.92 Å². The average molecular weight is 547 g/mol. The lowest BCUT2D eigenvalue weighted by atomic mass is 9.97. The van der Waals surface area contributed by atoms with Crippen LogP contribution >= 0.6 is 0 Å². The fourth-order valence-corrected chi connectivity index (χ4v) is 4.36. The standard InChI is InChI=1S/C31H38N4O5/c1-4-40-29(37)17-13-25(21-24-18-19-32-30(24)38)33-31(39)27(20-23-8-6-5-7-9-23)34-28(36)16-12-22-10-14-26(15-11-22)35(2)3/h5-17,24-25,27H,4,18-21H2,1-3H3,(H,32,38)(H,33,39)(H,34,36)/b16-12+,17-13+/t24-,25+,27-/m0/s1. The summed E-state index contributed by atoms with van der Waals surface area (Å²) in [6, 6.07) is 15.6. The molecule has 9 nitrogen and oxygen atoms in total. The predicted octanol–water partition coefficient (Wildman–Crippen LogP) is 2.62. The summed E-state index contributed by atoms with van der Waals surface area (Å²) in [5.41, 5.74) is 2.77. The number of anilines is 1. The average Bonchev–Trinajstić information content (AvgIpc) is 3.35. The van der Waals surface area contributed by atoms with E-state index >= 15 is 0 Å². The molecule has 0 aliphatic carbocycles. The van der Waals surface area contributed by atoms with Crippen LogP contribution in [0.4, 0.5) is 5.69 Å². The maximum absolute atomic E-state index is 13.5. The fraction of sp³-hybridized carbons (Fsp3) is 0.355. The van der Waals surface area contributed by atoms with Crippen LogP contribution in [0.3, 0.4) is 0 Å². The highest BCUT2D eigenvalue weighted by atomic mass is 16.5. The zero-order valence-electron chi connectivity index (χ0n) is 23.3. The molecule has 0 bridgehead atoms. The molecule has 212 valence electrons. The number of hydrogen-bond acceptors (Lipinski definition) is 6. The number of nitrogens with zero attached hydrogens (tertiary/aromatic N) is 1. The molecule has 3 N–H and O–H groups in total. The molecule has 3 atom stereocenters. The molecule has 3 rings (SSSR count). The van der Waals surface area contributed by atoms with E-state index in [0.717, 1.165) is 16.8 Å². The Morgan fingerprint density at radius 3 is 2.40 bits per heavy atom. The van der Waals surface area contributed by atoms with E-state index in [-0.39, 0.29) is 24.9 Å². The third-order valence-corrected chi connectivity index (χ3v) is 6.53. The quantitative estimate of drug-likeness (QED) is 0.263. The highest BCUT2D eigenvalue weighted by molar-refractivity contribution is 5.96. The molecule has 1 fully saturated rings. The second-order valence-corrected chi connectivity index (χ2v) is 9.81. The van der Waals surface area contributed by atoms with Gasteiger partial charge in [-0.25, -0.2) is 4.79 Å². The minimum Gasteiger partial charge on any atom is -0.463 e. The Hall–Kier alpha value is -4.40. The fourth-order valence-electron chi connectivity index (χ4n) is 4.36. The van der Waals surface area contributed by atoms with Gasteiger partial charge in [0.25, 0.3) is 0 Å². The van der Waals surface area contributed by atoms with Gasteiger partial charge >= 0.3 is 5.97 Å². The van der Waals surface area contributed by atoms with Crippen LogP contribution in [0.15, 0.2) is 72.8 Å². The Labute approximate surface area is 235 Å². The number of nitrogens with one attached hydrogen (secondary N) is 3. The molecule has 0 spiro atoms. The molecule has 3 amide bonds. The number of rotatable bonds is 13. The first-order chi connectivity index (χ1) is 19.2. The molecule has 1 saturated heterocycles. The summed E-state index contributed by atoms with van der Waals surface area (Å²) < 4.78 is 4.96. The van der Waals surface area contributed by atoms with E-state index in [1.54, 1.807) is 19.1 Å². The van der Waals surface area contributed by atoms with E-state index in [0.29, 0.717) is 19.4 Å². The minimum atomic E-state index is -0.883. The molecule has 0 unspecified atom stereocenters. The Morgan fingerprint density at radius 2 is 1.77 bits per heavy atom. The van der Waals surface area contributed by atoms with E-state index in [2.05, 4.69) is 16.0 Å². The Bertz CT molecular complexity index is 1210. The van der Waals surface area contributed by atoms with Crippen LogP contribution in [-0.4, -0.2) is 63.0 Å². The Morgan fingerprint density at radius 1 is 1.05 bits per heavy atom. The third kappa shape index (κ3) is 9.72. The molecule has 1 heterocycles. The van der Waals surface area contributed by atoms with Crippen LogP contribution < -0.4 is 20.9 Å². The summed E-state index contributed by atoms with van der Waals surface area (Å²) in [5.74, 6) is -1.74. The lowest BCUT2D eigenvalue weighted by Crippen LogP contribution is -2.50. The minimum absolute atomic E-state index is 0.0818. The summed E-state index contributed by atoms with van der Waals surface area (Å²) in [6.07, 6.45) is 7.12. The molecule has 9 heteroatoms. The number of carbonyl (C=O) groups is 4.